The van der Waals surface area contributed by atoms with Crippen LogP contribution in [0.15, 0.2) is 152 Å². The molecular formula is C52H56O10. The third-order valence-electron chi connectivity index (χ3n) is 11.2. The molecule has 0 heterocycles. The molecule has 0 amide bonds. The Morgan fingerprint density at radius 3 is 0.790 bits per heavy atom. The first kappa shape index (κ1) is 46.5. The number of hydrogen-bond acceptors (Lipinski definition) is 10. The van der Waals surface area contributed by atoms with Crippen LogP contribution in [0.25, 0.3) is 0 Å². The minimum absolute atomic E-state index is 0.123. The average Bonchev–Trinajstić information content (AvgIpc) is 3.25. The summed E-state index contributed by atoms with van der Waals surface area (Å²) >= 11 is 0. The molecule has 324 valence electrons. The predicted octanol–water partition coefficient (Wildman–Crippen LogP) is 11.0. The Morgan fingerprint density at radius 1 is 0.323 bits per heavy atom. The van der Waals surface area contributed by atoms with Gasteiger partial charge in [-0.3, -0.25) is 24.0 Å². The van der Waals surface area contributed by atoms with Gasteiger partial charge in [-0.25, -0.2) is 0 Å². The van der Waals surface area contributed by atoms with Crippen molar-refractivity contribution in [1.29, 1.82) is 0 Å². The molecule has 0 N–H and O–H groups in total. The van der Waals surface area contributed by atoms with Crippen LogP contribution >= 0.6 is 0 Å². The molecule has 0 saturated carbocycles. The highest BCUT2D eigenvalue weighted by molar-refractivity contribution is 5.87. The van der Waals surface area contributed by atoms with Gasteiger partial charge in [-0.15, -0.1) is 0 Å². The molecular weight excluding hydrogens is 785 g/mol. The van der Waals surface area contributed by atoms with Crippen LogP contribution in [-0.4, -0.2) is 29.8 Å². The summed E-state index contributed by atoms with van der Waals surface area (Å²) in [6, 6.07) is 42.7. The molecule has 5 rings (SSSR count). The molecule has 10 nitrogen and oxygen atoms in total. The van der Waals surface area contributed by atoms with Crippen molar-refractivity contribution in [2.45, 2.75) is 80.6 Å². The van der Waals surface area contributed by atoms with E-state index in [0.29, 0.717) is 11.5 Å². The van der Waals surface area contributed by atoms with Gasteiger partial charge >= 0.3 is 29.8 Å². The summed E-state index contributed by atoms with van der Waals surface area (Å²) in [5, 5.41) is 0. The van der Waals surface area contributed by atoms with Crippen LogP contribution in [0.5, 0.6) is 28.7 Å². The fraction of sp³-hybridized carbons (Fsp3) is 0.327. The van der Waals surface area contributed by atoms with Gasteiger partial charge in [0.15, 0.2) is 0 Å². The first-order valence-electron chi connectivity index (χ1n) is 20.8. The van der Waals surface area contributed by atoms with Crippen LogP contribution < -0.4 is 23.7 Å². The van der Waals surface area contributed by atoms with E-state index in [4.69, 9.17) is 23.7 Å². The lowest BCUT2D eigenvalue weighted by atomic mass is 9.59. The van der Waals surface area contributed by atoms with E-state index in [0.717, 1.165) is 0 Å². The van der Waals surface area contributed by atoms with Gasteiger partial charge in [0, 0.05) is 0 Å². The Hall–Kier alpha value is -6.55. The standard InChI is InChI=1S/C52H56O10/c1-8-49(4,44(54)59-39-26-16-10-17-27-39)35-51(6,46(56)61-41-30-20-12-21-31-41)37-52(7,47(57)62-42-32-22-13-23-33-42)36-50(5,45(55)60-40-28-18-11-19-29-40)34-48(2,3)43(53)58-38-24-14-9-15-25-38/h9-33H,8,34-37H2,1-7H3. The predicted molar refractivity (Wildman–Crippen MR) is 235 cm³/mol. The van der Waals surface area contributed by atoms with Gasteiger partial charge in [0.1, 0.15) is 28.7 Å². The second kappa shape index (κ2) is 19.9. The van der Waals surface area contributed by atoms with Crippen molar-refractivity contribution in [3.05, 3.63) is 152 Å². The third kappa shape index (κ3) is 12.1. The first-order valence-corrected chi connectivity index (χ1v) is 20.8. The molecule has 0 aliphatic carbocycles. The van der Waals surface area contributed by atoms with Crippen LogP contribution in [0.3, 0.4) is 0 Å². The number of benzene rings is 5. The molecule has 5 aromatic rings. The molecule has 4 unspecified atom stereocenters. The smallest absolute Gasteiger partial charge is 0.317 e. The molecule has 0 bridgehead atoms. The summed E-state index contributed by atoms with van der Waals surface area (Å²) in [7, 11) is 0. The van der Waals surface area contributed by atoms with E-state index in [1.165, 1.54) is 0 Å². The van der Waals surface area contributed by atoms with E-state index in [1.807, 2.05) is 6.92 Å². The summed E-state index contributed by atoms with van der Waals surface area (Å²) in [5.41, 5.74) is -7.50. The first-order chi connectivity index (χ1) is 29.4. The van der Waals surface area contributed by atoms with Crippen molar-refractivity contribution in [2.75, 3.05) is 0 Å². The van der Waals surface area contributed by atoms with Crippen molar-refractivity contribution in [3.63, 3.8) is 0 Å². The van der Waals surface area contributed by atoms with Gasteiger partial charge in [-0.2, -0.15) is 0 Å². The van der Waals surface area contributed by atoms with Crippen LogP contribution in [0.2, 0.25) is 0 Å². The van der Waals surface area contributed by atoms with Gasteiger partial charge in [0.05, 0.1) is 27.1 Å². The lowest BCUT2D eigenvalue weighted by Gasteiger charge is -2.44. The third-order valence-corrected chi connectivity index (χ3v) is 11.2. The van der Waals surface area contributed by atoms with Gasteiger partial charge < -0.3 is 23.7 Å². The molecule has 0 aliphatic rings. The van der Waals surface area contributed by atoms with Gasteiger partial charge in [-0.1, -0.05) is 97.9 Å². The minimum atomic E-state index is -1.69. The highest BCUT2D eigenvalue weighted by Crippen LogP contribution is 2.52. The van der Waals surface area contributed by atoms with Crippen molar-refractivity contribution >= 4 is 29.8 Å². The Labute approximate surface area is 364 Å². The average molecular weight is 841 g/mol. The number of rotatable bonds is 19. The lowest BCUT2D eigenvalue weighted by molar-refractivity contribution is -0.163. The maximum absolute atomic E-state index is 15.0. The van der Waals surface area contributed by atoms with Crippen LogP contribution in [0, 0.1) is 27.1 Å². The molecule has 0 aromatic heterocycles. The molecule has 10 heteroatoms. The van der Waals surface area contributed by atoms with Crippen LogP contribution in [0.1, 0.15) is 80.6 Å². The van der Waals surface area contributed by atoms with E-state index < -0.39 is 56.9 Å². The summed E-state index contributed by atoms with van der Waals surface area (Å²) in [6.45, 7) is 11.8. The molecule has 0 saturated heterocycles. The van der Waals surface area contributed by atoms with Crippen molar-refractivity contribution < 1.29 is 47.7 Å². The Kier molecular flexibility index (Phi) is 14.9. The minimum Gasteiger partial charge on any atom is -0.426 e. The van der Waals surface area contributed by atoms with E-state index in [-0.39, 0.29) is 49.4 Å². The number of ether oxygens (including phenoxy) is 5. The largest absolute Gasteiger partial charge is 0.426 e. The fourth-order valence-electron chi connectivity index (χ4n) is 8.20. The van der Waals surface area contributed by atoms with Gasteiger partial charge in [-0.05, 0) is 134 Å². The summed E-state index contributed by atoms with van der Waals surface area (Å²) < 4.78 is 29.8. The quantitative estimate of drug-likeness (QED) is 0.0585. The zero-order chi connectivity index (χ0) is 45.0. The van der Waals surface area contributed by atoms with Crippen molar-refractivity contribution in [3.8, 4) is 28.7 Å². The Balaban J connectivity index is 1.62. The zero-order valence-corrected chi connectivity index (χ0v) is 36.6. The number of carbonyl (C=O) groups excluding carboxylic acids is 5. The highest BCUT2D eigenvalue weighted by atomic mass is 16.6. The van der Waals surface area contributed by atoms with E-state index in [1.54, 1.807) is 193 Å². The molecule has 0 spiro atoms. The maximum Gasteiger partial charge on any atom is 0.317 e. The second-order valence-corrected chi connectivity index (χ2v) is 17.7. The normalized spacial score (nSPS) is 15.2. The lowest BCUT2D eigenvalue weighted by Crippen LogP contribution is -2.50. The zero-order valence-electron chi connectivity index (χ0n) is 36.6. The van der Waals surface area contributed by atoms with Gasteiger partial charge in [0.2, 0.25) is 0 Å². The molecule has 0 radical (unpaired) electrons. The highest BCUT2D eigenvalue weighted by Gasteiger charge is 2.56. The van der Waals surface area contributed by atoms with E-state index in [2.05, 4.69) is 0 Å². The SMILES string of the molecule is CCC(C)(CC(C)(CC(C)(CC(C)(CC(C)(C)C(=O)Oc1ccccc1)C(=O)Oc1ccccc1)C(=O)Oc1ccccc1)C(=O)Oc1ccccc1)C(=O)Oc1ccccc1. The topological polar surface area (TPSA) is 132 Å². The van der Waals surface area contributed by atoms with E-state index >= 15 is 0 Å². The van der Waals surface area contributed by atoms with Crippen molar-refractivity contribution in [1.82, 2.24) is 0 Å². The fourth-order valence-corrected chi connectivity index (χ4v) is 8.20. The van der Waals surface area contributed by atoms with Crippen LogP contribution in [0.4, 0.5) is 0 Å². The molecule has 0 aliphatic heterocycles. The van der Waals surface area contributed by atoms with Gasteiger partial charge in [0.25, 0.3) is 0 Å². The van der Waals surface area contributed by atoms with E-state index in [9.17, 15) is 24.0 Å². The monoisotopic (exact) mass is 840 g/mol. The number of esters is 5. The molecule has 5 aromatic carbocycles. The number of carbonyl (C=O) groups is 5. The second-order valence-electron chi connectivity index (χ2n) is 17.7. The number of para-hydroxylation sites is 5. The molecule has 62 heavy (non-hydrogen) atoms. The van der Waals surface area contributed by atoms with Crippen LogP contribution in [-0.2, 0) is 24.0 Å². The summed E-state index contributed by atoms with van der Waals surface area (Å²) in [4.78, 5) is 72.6. The summed E-state index contributed by atoms with van der Waals surface area (Å²) in [5.74, 6) is -1.95. The Morgan fingerprint density at radius 2 is 0.532 bits per heavy atom. The summed E-state index contributed by atoms with van der Waals surface area (Å²) in [6.07, 6.45) is -0.550. The van der Waals surface area contributed by atoms with Crippen molar-refractivity contribution in [2.24, 2.45) is 27.1 Å². The number of hydrogen-bond donors (Lipinski definition) is 0. The Bertz CT molecular complexity index is 2280. The molecule has 4 atom stereocenters. The maximum atomic E-state index is 15.0. The molecule has 0 fully saturated rings.